The van der Waals surface area contributed by atoms with Crippen LogP contribution in [0.3, 0.4) is 0 Å². The summed E-state index contributed by atoms with van der Waals surface area (Å²) in [6, 6.07) is 10.6. The molecule has 6 nitrogen and oxygen atoms in total. The number of hydrogen-bond donors (Lipinski definition) is 1. The number of ether oxygens (including phenoxy) is 1. The second-order valence-corrected chi connectivity index (χ2v) is 5.98. The first-order chi connectivity index (χ1) is 12.5. The van der Waals surface area contributed by atoms with Crippen LogP contribution in [0.2, 0.25) is 0 Å². The van der Waals surface area contributed by atoms with Crippen molar-refractivity contribution in [2.45, 2.75) is 0 Å². The summed E-state index contributed by atoms with van der Waals surface area (Å²) < 4.78 is 18.6. The average molecular weight is 358 g/mol. The molecule has 0 bridgehead atoms. The van der Waals surface area contributed by atoms with Gasteiger partial charge in [0.05, 0.1) is 12.7 Å². The van der Waals surface area contributed by atoms with Crippen molar-refractivity contribution in [2.24, 2.45) is 0 Å². The zero-order valence-corrected chi connectivity index (χ0v) is 14.3. The van der Waals surface area contributed by atoms with Gasteiger partial charge < -0.3 is 19.6 Å². The molecule has 0 unspecified atom stereocenters. The van der Waals surface area contributed by atoms with E-state index >= 15 is 0 Å². The van der Waals surface area contributed by atoms with E-state index in [-0.39, 0.29) is 17.2 Å². The average Bonchev–Trinajstić information content (AvgIpc) is 2.68. The van der Waals surface area contributed by atoms with Crippen molar-refractivity contribution < 1.29 is 23.8 Å². The first-order valence-electron chi connectivity index (χ1n) is 8.20. The summed E-state index contributed by atoms with van der Waals surface area (Å²) >= 11 is 0. The molecule has 0 saturated carbocycles. The molecule has 1 aliphatic rings. The number of amides is 1. The number of nitrogens with zero attached hydrogens (tertiary/aromatic N) is 2. The molecule has 1 fully saturated rings. The van der Waals surface area contributed by atoms with E-state index in [4.69, 9.17) is 9.84 Å². The Kier molecular flexibility index (Phi) is 5.06. The molecule has 7 heteroatoms. The van der Waals surface area contributed by atoms with Crippen LogP contribution < -0.4 is 9.64 Å². The molecule has 1 N–H and O–H groups in total. The molecule has 2 aromatic carbocycles. The zero-order chi connectivity index (χ0) is 18.7. The SMILES string of the molecule is COc1cc(N2CCN(C(=O)c3ccc(C(=O)O)cc3)CC2)ccc1F. The third-order valence-corrected chi connectivity index (χ3v) is 4.45. The predicted molar refractivity (Wildman–Crippen MR) is 94.5 cm³/mol. The van der Waals surface area contributed by atoms with Gasteiger partial charge in [0.25, 0.3) is 5.91 Å². The fourth-order valence-corrected chi connectivity index (χ4v) is 2.95. The Bertz CT molecular complexity index is 815. The number of rotatable bonds is 4. The van der Waals surface area contributed by atoms with E-state index in [0.717, 1.165) is 5.69 Å². The van der Waals surface area contributed by atoms with Crippen molar-refractivity contribution in [3.8, 4) is 5.75 Å². The van der Waals surface area contributed by atoms with Gasteiger partial charge in [-0.3, -0.25) is 4.79 Å². The summed E-state index contributed by atoms with van der Waals surface area (Å²) in [4.78, 5) is 27.2. The van der Waals surface area contributed by atoms with Gasteiger partial charge in [0, 0.05) is 43.5 Å². The Morgan fingerprint density at radius 3 is 2.19 bits per heavy atom. The highest BCUT2D eigenvalue weighted by Crippen LogP contribution is 2.25. The van der Waals surface area contributed by atoms with Gasteiger partial charge >= 0.3 is 5.97 Å². The topological polar surface area (TPSA) is 70.1 Å². The fraction of sp³-hybridized carbons (Fsp3) is 0.263. The van der Waals surface area contributed by atoms with Crippen molar-refractivity contribution in [2.75, 3.05) is 38.2 Å². The van der Waals surface area contributed by atoms with Gasteiger partial charge in [-0.25, -0.2) is 9.18 Å². The molecule has 3 rings (SSSR count). The lowest BCUT2D eigenvalue weighted by atomic mass is 10.1. The molecule has 1 aliphatic heterocycles. The summed E-state index contributed by atoms with van der Waals surface area (Å²) in [6.07, 6.45) is 0. The van der Waals surface area contributed by atoms with Gasteiger partial charge in [0.15, 0.2) is 11.6 Å². The standard InChI is InChI=1S/C19H19FN2O4/c1-26-17-12-15(6-7-16(17)20)21-8-10-22(11-9-21)18(23)13-2-4-14(5-3-13)19(24)25/h2-7,12H,8-11H2,1H3,(H,24,25). The third-order valence-electron chi connectivity index (χ3n) is 4.45. The normalized spacial score (nSPS) is 14.2. The summed E-state index contributed by atoms with van der Waals surface area (Å²) in [5, 5.41) is 8.92. The van der Waals surface area contributed by atoms with Crippen LogP contribution in [-0.4, -0.2) is 55.2 Å². The van der Waals surface area contributed by atoms with E-state index in [1.54, 1.807) is 17.0 Å². The molecule has 1 amide bonds. The summed E-state index contributed by atoms with van der Waals surface area (Å²) in [5.74, 6) is -1.36. The second-order valence-electron chi connectivity index (χ2n) is 5.98. The van der Waals surface area contributed by atoms with Crippen LogP contribution in [0, 0.1) is 5.82 Å². The van der Waals surface area contributed by atoms with Crippen molar-refractivity contribution in [1.82, 2.24) is 4.90 Å². The minimum absolute atomic E-state index is 0.127. The Morgan fingerprint density at radius 1 is 1.00 bits per heavy atom. The Labute approximate surface area is 150 Å². The van der Waals surface area contributed by atoms with Gasteiger partial charge in [0.2, 0.25) is 0 Å². The zero-order valence-electron chi connectivity index (χ0n) is 14.3. The maximum atomic E-state index is 13.5. The highest BCUT2D eigenvalue weighted by Gasteiger charge is 2.23. The van der Waals surface area contributed by atoms with Crippen molar-refractivity contribution in [3.63, 3.8) is 0 Å². The van der Waals surface area contributed by atoms with Gasteiger partial charge in [-0.05, 0) is 36.4 Å². The monoisotopic (exact) mass is 358 g/mol. The van der Waals surface area contributed by atoms with Crippen LogP contribution in [0.5, 0.6) is 5.75 Å². The molecule has 0 aliphatic carbocycles. The Balaban J connectivity index is 1.64. The maximum absolute atomic E-state index is 13.5. The van der Waals surface area contributed by atoms with E-state index in [1.165, 1.54) is 37.4 Å². The minimum Gasteiger partial charge on any atom is -0.494 e. The summed E-state index contributed by atoms with van der Waals surface area (Å²) in [6.45, 7) is 2.29. The number of methoxy groups -OCH3 is 1. The quantitative estimate of drug-likeness (QED) is 0.909. The lowest BCUT2D eigenvalue weighted by Gasteiger charge is -2.36. The smallest absolute Gasteiger partial charge is 0.335 e. The number of benzene rings is 2. The Morgan fingerprint density at radius 2 is 1.62 bits per heavy atom. The van der Waals surface area contributed by atoms with Crippen LogP contribution in [0.1, 0.15) is 20.7 Å². The lowest BCUT2D eigenvalue weighted by Crippen LogP contribution is -2.48. The largest absolute Gasteiger partial charge is 0.494 e. The number of piperazine rings is 1. The van der Waals surface area contributed by atoms with Crippen LogP contribution >= 0.6 is 0 Å². The first kappa shape index (κ1) is 17.7. The van der Waals surface area contributed by atoms with Gasteiger partial charge in [-0.2, -0.15) is 0 Å². The molecule has 1 heterocycles. The van der Waals surface area contributed by atoms with E-state index in [0.29, 0.717) is 31.7 Å². The van der Waals surface area contributed by atoms with E-state index in [9.17, 15) is 14.0 Å². The highest BCUT2D eigenvalue weighted by atomic mass is 19.1. The minimum atomic E-state index is -1.02. The second kappa shape index (κ2) is 7.43. The number of carboxylic acid groups (broad SMARTS) is 1. The van der Waals surface area contributed by atoms with E-state index in [1.807, 2.05) is 0 Å². The lowest BCUT2D eigenvalue weighted by molar-refractivity contribution is 0.0693. The summed E-state index contributed by atoms with van der Waals surface area (Å²) in [5.41, 5.74) is 1.46. The van der Waals surface area contributed by atoms with E-state index < -0.39 is 11.8 Å². The van der Waals surface area contributed by atoms with Crippen LogP contribution in [-0.2, 0) is 0 Å². The number of carbonyl (C=O) groups excluding carboxylic acids is 1. The van der Waals surface area contributed by atoms with Gasteiger partial charge in [-0.15, -0.1) is 0 Å². The predicted octanol–water partition coefficient (Wildman–Crippen LogP) is 2.49. The van der Waals surface area contributed by atoms with E-state index in [2.05, 4.69) is 4.90 Å². The Hall–Kier alpha value is -3.09. The molecule has 0 atom stereocenters. The number of anilines is 1. The summed E-state index contributed by atoms with van der Waals surface area (Å²) in [7, 11) is 1.43. The molecular weight excluding hydrogens is 339 g/mol. The molecule has 1 saturated heterocycles. The van der Waals surface area contributed by atoms with Crippen LogP contribution in [0.4, 0.5) is 10.1 Å². The van der Waals surface area contributed by atoms with Gasteiger partial charge in [-0.1, -0.05) is 0 Å². The molecule has 0 spiro atoms. The molecular formula is C19H19FN2O4. The molecule has 0 aromatic heterocycles. The maximum Gasteiger partial charge on any atom is 0.335 e. The van der Waals surface area contributed by atoms with Crippen LogP contribution in [0.15, 0.2) is 42.5 Å². The number of carbonyl (C=O) groups is 2. The molecule has 0 radical (unpaired) electrons. The molecule has 136 valence electrons. The van der Waals surface area contributed by atoms with Crippen LogP contribution in [0.25, 0.3) is 0 Å². The number of carboxylic acids is 1. The number of halogens is 1. The fourth-order valence-electron chi connectivity index (χ4n) is 2.95. The molecule has 26 heavy (non-hydrogen) atoms. The van der Waals surface area contributed by atoms with Crippen molar-refractivity contribution in [3.05, 3.63) is 59.4 Å². The van der Waals surface area contributed by atoms with Crippen molar-refractivity contribution >= 4 is 17.6 Å². The molecule has 2 aromatic rings. The third kappa shape index (κ3) is 3.61. The van der Waals surface area contributed by atoms with Crippen molar-refractivity contribution in [1.29, 1.82) is 0 Å². The number of hydrogen-bond acceptors (Lipinski definition) is 4. The van der Waals surface area contributed by atoms with Gasteiger partial charge in [0.1, 0.15) is 0 Å². The highest BCUT2D eigenvalue weighted by molar-refractivity contribution is 5.96. The first-order valence-corrected chi connectivity index (χ1v) is 8.20. The number of aromatic carboxylic acids is 1.